The molecule has 1 N–H and O–H groups in total. The largest absolute Gasteiger partial charge is 0.495 e. The van der Waals surface area contributed by atoms with Crippen molar-refractivity contribution in [3.05, 3.63) is 23.8 Å². The Hall–Kier alpha value is -1.43. The van der Waals surface area contributed by atoms with E-state index in [0.717, 1.165) is 11.3 Å². The summed E-state index contributed by atoms with van der Waals surface area (Å²) in [6.07, 6.45) is -4.19. The summed E-state index contributed by atoms with van der Waals surface area (Å²) in [7, 11) is 1.53. The van der Waals surface area contributed by atoms with Gasteiger partial charge in [0.2, 0.25) is 0 Å². The molecule has 0 radical (unpaired) electrons. The van der Waals surface area contributed by atoms with Gasteiger partial charge in [-0.25, -0.2) is 0 Å². The Morgan fingerprint density at radius 3 is 2.75 bits per heavy atom. The monoisotopic (exact) mass is 288 g/mol. The molecule has 2 rings (SSSR count). The van der Waals surface area contributed by atoms with Gasteiger partial charge in [-0.15, -0.1) is 0 Å². The molecule has 0 spiro atoms. The molecule has 1 aromatic carbocycles. The molecule has 0 saturated carbocycles. The van der Waals surface area contributed by atoms with Crippen LogP contribution in [0.5, 0.6) is 5.75 Å². The van der Waals surface area contributed by atoms with Gasteiger partial charge in [-0.3, -0.25) is 0 Å². The van der Waals surface area contributed by atoms with Gasteiger partial charge in [0.05, 0.1) is 18.7 Å². The van der Waals surface area contributed by atoms with Crippen LogP contribution in [0.3, 0.4) is 0 Å². The van der Waals surface area contributed by atoms with Gasteiger partial charge in [0.15, 0.2) is 0 Å². The van der Waals surface area contributed by atoms with Gasteiger partial charge in [-0.2, -0.15) is 13.2 Å². The summed E-state index contributed by atoms with van der Waals surface area (Å²) < 4.78 is 44.2. The number of rotatable bonds is 2. The standard InChI is InChI=1S/C14H19F3N2O/c1-10-3-4-13(20-2)12(7-10)19-6-5-18-8-11(9-19)14(15,16)17/h3-4,7,11,18H,5-6,8-9H2,1-2H3. The molecule has 6 heteroatoms. The Kier molecular flexibility index (Phi) is 4.42. The number of hydrogen-bond acceptors (Lipinski definition) is 3. The van der Waals surface area contributed by atoms with E-state index >= 15 is 0 Å². The van der Waals surface area contributed by atoms with Crippen LogP contribution in [-0.2, 0) is 0 Å². The van der Waals surface area contributed by atoms with E-state index in [-0.39, 0.29) is 13.1 Å². The lowest BCUT2D eigenvalue weighted by atomic mass is 10.1. The molecule has 112 valence electrons. The molecule has 1 aromatic rings. The number of benzene rings is 1. The normalized spacial score (nSPS) is 20.6. The molecule has 1 heterocycles. The van der Waals surface area contributed by atoms with E-state index in [2.05, 4.69) is 5.32 Å². The Bertz CT molecular complexity index is 462. The molecular formula is C14H19F3N2O. The molecule has 0 bridgehead atoms. The first-order chi connectivity index (χ1) is 9.41. The average molecular weight is 288 g/mol. The van der Waals surface area contributed by atoms with Crippen molar-refractivity contribution in [2.45, 2.75) is 13.1 Å². The zero-order valence-corrected chi connectivity index (χ0v) is 11.6. The first-order valence-corrected chi connectivity index (χ1v) is 6.59. The van der Waals surface area contributed by atoms with Gasteiger partial charge in [-0.1, -0.05) is 6.07 Å². The highest BCUT2D eigenvalue weighted by Crippen LogP contribution is 2.33. The lowest BCUT2D eigenvalue weighted by molar-refractivity contribution is -0.169. The van der Waals surface area contributed by atoms with Crippen LogP contribution >= 0.6 is 0 Å². The minimum absolute atomic E-state index is 0.0336. The van der Waals surface area contributed by atoms with Crippen molar-refractivity contribution < 1.29 is 17.9 Å². The van der Waals surface area contributed by atoms with Crippen LogP contribution in [0, 0.1) is 12.8 Å². The predicted octanol–water partition coefficient (Wildman–Crippen LogP) is 2.59. The third-order valence-electron chi connectivity index (χ3n) is 3.53. The van der Waals surface area contributed by atoms with Crippen LogP contribution in [0.2, 0.25) is 0 Å². The highest BCUT2D eigenvalue weighted by Gasteiger charge is 2.41. The van der Waals surface area contributed by atoms with Crippen molar-refractivity contribution >= 4 is 5.69 Å². The SMILES string of the molecule is COc1ccc(C)cc1N1CCNCC(C(F)(F)F)C1. The number of anilines is 1. The van der Waals surface area contributed by atoms with Crippen LogP contribution in [0.1, 0.15) is 5.56 Å². The number of nitrogens with zero attached hydrogens (tertiary/aromatic N) is 1. The Morgan fingerprint density at radius 1 is 1.35 bits per heavy atom. The maximum Gasteiger partial charge on any atom is 0.394 e. The van der Waals surface area contributed by atoms with Gasteiger partial charge in [0.1, 0.15) is 5.75 Å². The van der Waals surface area contributed by atoms with Crippen LogP contribution in [0.25, 0.3) is 0 Å². The minimum Gasteiger partial charge on any atom is -0.495 e. The zero-order chi connectivity index (χ0) is 14.8. The molecule has 1 aliphatic heterocycles. The molecule has 1 aliphatic rings. The topological polar surface area (TPSA) is 24.5 Å². The summed E-state index contributed by atoms with van der Waals surface area (Å²) in [6.45, 7) is 2.90. The lowest BCUT2D eigenvalue weighted by Gasteiger charge is -2.28. The summed E-state index contributed by atoms with van der Waals surface area (Å²) >= 11 is 0. The van der Waals surface area contributed by atoms with E-state index in [1.807, 2.05) is 19.1 Å². The summed E-state index contributed by atoms with van der Waals surface area (Å²) in [4.78, 5) is 1.75. The molecule has 1 fully saturated rings. The molecule has 20 heavy (non-hydrogen) atoms. The van der Waals surface area contributed by atoms with Gasteiger partial charge < -0.3 is 15.0 Å². The highest BCUT2D eigenvalue weighted by atomic mass is 19.4. The van der Waals surface area contributed by atoms with Gasteiger partial charge in [0.25, 0.3) is 0 Å². The lowest BCUT2D eigenvalue weighted by Crippen LogP contribution is -2.38. The van der Waals surface area contributed by atoms with Crippen LogP contribution in [0.15, 0.2) is 18.2 Å². The van der Waals surface area contributed by atoms with E-state index in [9.17, 15) is 13.2 Å². The predicted molar refractivity (Wildman–Crippen MR) is 72.4 cm³/mol. The Labute approximate surface area is 116 Å². The number of methoxy groups -OCH3 is 1. The first kappa shape index (κ1) is 15.0. The second kappa shape index (κ2) is 5.91. The summed E-state index contributed by atoms with van der Waals surface area (Å²) in [5, 5.41) is 2.85. The fraction of sp³-hybridized carbons (Fsp3) is 0.571. The Morgan fingerprint density at radius 2 is 2.10 bits per heavy atom. The Balaban J connectivity index is 2.28. The molecule has 1 atom stereocenters. The van der Waals surface area contributed by atoms with Gasteiger partial charge >= 0.3 is 6.18 Å². The number of nitrogens with one attached hydrogen (secondary N) is 1. The third-order valence-corrected chi connectivity index (χ3v) is 3.53. The molecule has 0 aliphatic carbocycles. The third kappa shape index (κ3) is 3.36. The maximum atomic E-state index is 13.0. The van der Waals surface area contributed by atoms with Crippen molar-refractivity contribution in [1.29, 1.82) is 0 Å². The van der Waals surface area contributed by atoms with Gasteiger partial charge in [0, 0.05) is 26.2 Å². The van der Waals surface area contributed by atoms with Gasteiger partial charge in [-0.05, 0) is 24.6 Å². The molecular weight excluding hydrogens is 269 g/mol. The maximum absolute atomic E-state index is 13.0. The van der Waals surface area contributed by atoms with E-state index in [1.165, 1.54) is 7.11 Å². The molecule has 0 amide bonds. The van der Waals surface area contributed by atoms with Crippen molar-refractivity contribution in [2.75, 3.05) is 38.2 Å². The van der Waals surface area contributed by atoms with Crippen LogP contribution in [-0.4, -0.2) is 39.5 Å². The number of hydrogen-bond donors (Lipinski definition) is 1. The van der Waals surface area contributed by atoms with Crippen molar-refractivity contribution in [3.63, 3.8) is 0 Å². The summed E-state index contributed by atoms with van der Waals surface area (Å²) in [5.74, 6) is -0.756. The number of alkyl halides is 3. The number of aryl methyl sites for hydroxylation is 1. The smallest absolute Gasteiger partial charge is 0.394 e. The quantitative estimate of drug-likeness (QED) is 0.905. The van der Waals surface area contributed by atoms with Crippen LogP contribution in [0.4, 0.5) is 18.9 Å². The zero-order valence-electron chi connectivity index (χ0n) is 11.6. The summed E-state index contributed by atoms with van der Waals surface area (Å²) in [5.41, 5.74) is 1.73. The molecule has 0 aromatic heterocycles. The second-order valence-corrected chi connectivity index (χ2v) is 5.06. The van der Waals surface area contributed by atoms with Crippen molar-refractivity contribution in [1.82, 2.24) is 5.32 Å². The van der Waals surface area contributed by atoms with E-state index < -0.39 is 12.1 Å². The van der Waals surface area contributed by atoms with Crippen LogP contribution < -0.4 is 15.0 Å². The fourth-order valence-corrected chi connectivity index (χ4v) is 2.40. The van der Waals surface area contributed by atoms with E-state index in [4.69, 9.17) is 4.74 Å². The highest BCUT2D eigenvalue weighted by molar-refractivity contribution is 5.60. The van der Waals surface area contributed by atoms with E-state index in [1.54, 1.807) is 11.0 Å². The fourth-order valence-electron chi connectivity index (χ4n) is 2.40. The summed E-state index contributed by atoms with van der Waals surface area (Å²) in [6, 6.07) is 5.56. The number of ether oxygens (including phenoxy) is 1. The molecule has 3 nitrogen and oxygen atoms in total. The first-order valence-electron chi connectivity index (χ1n) is 6.59. The molecule has 1 saturated heterocycles. The average Bonchev–Trinajstić information content (AvgIpc) is 2.64. The van der Waals surface area contributed by atoms with Crippen molar-refractivity contribution in [3.8, 4) is 5.75 Å². The molecule has 1 unspecified atom stereocenters. The second-order valence-electron chi connectivity index (χ2n) is 5.06. The van der Waals surface area contributed by atoms with E-state index in [0.29, 0.717) is 18.8 Å². The number of halogens is 3. The van der Waals surface area contributed by atoms with Crippen molar-refractivity contribution in [2.24, 2.45) is 5.92 Å². The minimum atomic E-state index is -4.19.